The van der Waals surface area contributed by atoms with Crippen molar-refractivity contribution in [2.24, 2.45) is 5.92 Å². The minimum absolute atomic E-state index is 0.357. The zero-order chi connectivity index (χ0) is 18.4. The second-order valence-electron chi connectivity index (χ2n) is 7.34. The smallest absolute Gasteiger partial charge is 0.150 e. The Bertz CT molecular complexity index is 686. The summed E-state index contributed by atoms with van der Waals surface area (Å²) in [5.74, 6) is 0.640. The van der Waals surface area contributed by atoms with Crippen molar-refractivity contribution in [1.82, 2.24) is 10.0 Å². The van der Waals surface area contributed by atoms with Gasteiger partial charge >= 0.3 is 0 Å². The van der Waals surface area contributed by atoms with Crippen LogP contribution in [0.5, 0.6) is 0 Å². The van der Waals surface area contributed by atoms with Gasteiger partial charge in [-0.25, -0.2) is 0 Å². The molecule has 3 rings (SSSR count). The van der Waals surface area contributed by atoms with Gasteiger partial charge in [-0.05, 0) is 19.3 Å². The third-order valence-corrected chi connectivity index (χ3v) is 4.67. The summed E-state index contributed by atoms with van der Waals surface area (Å²) in [5.41, 5.74) is 7.57. The van der Waals surface area contributed by atoms with E-state index in [1.165, 1.54) is 17.1 Å². The SMILES string of the molecule is CC(C)CC(C)N[N+](c1ccccc1)(c1ccccc1)c1ccccc1. The number of nitrogens with zero attached hydrogens (tertiary/aromatic N) is 1. The van der Waals surface area contributed by atoms with Crippen LogP contribution in [0.2, 0.25) is 0 Å². The van der Waals surface area contributed by atoms with Crippen LogP contribution >= 0.6 is 0 Å². The molecule has 0 aliphatic carbocycles. The fourth-order valence-corrected chi connectivity index (χ4v) is 3.72. The van der Waals surface area contributed by atoms with Crippen LogP contribution in [-0.4, -0.2) is 6.04 Å². The molecule has 2 nitrogen and oxygen atoms in total. The normalized spacial score (nSPS) is 12.9. The van der Waals surface area contributed by atoms with E-state index in [4.69, 9.17) is 0 Å². The zero-order valence-corrected chi connectivity index (χ0v) is 16.0. The summed E-state index contributed by atoms with van der Waals surface area (Å²) in [6.45, 7) is 6.84. The van der Waals surface area contributed by atoms with Crippen LogP contribution in [-0.2, 0) is 0 Å². The molecule has 0 amide bonds. The Balaban J connectivity index is 2.21. The third-order valence-electron chi connectivity index (χ3n) is 4.67. The van der Waals surface area contributed by atoms with E-state index >= 15 is 0 Å². The maximum atomic E-state index is 3.95. The van der Waals surface area contributed by atoms with Crippen molar-refractivity contribution in [3.8, 4) is 0 Å². The van der Waals surface area contributed by atoms with Crippen molar-refractivity contribution >= 4 is 17.1 Å². The molecule has 3 aromatic rings. The molecular weight excluding hydrogens is 316 g/mol. The molecule has 2 heteroatoms. The summed E-state index contributed by atoms with van der Waals surface area (Å²) in [7, 11) is 0. The van der Waals surface area contributed by atoms with Crippen molar-refractivity contribution < 1.29 is 0 Å². The van der Waals surface area contributed by atoms with Gasteiger partial charge in [-0.1, -0.05) is 68.4 Å². The molecule has 0 saturated heterocycles. The molecule has 0 aliphatic heterocycles. The topological polar surface area (TPSA) is 12.0 Å². The Morgan fingerprint density at radius 3 is 1.27 bits per heavy atom. The Kier molecular flexibility index (Phi) is 5.87. The quantitative estimate of drug-likeness (QED) is 0.376. The number of benzene rings is 3. The number of para-hydroxylation sites is 3. The first-order valence-electron chi connectivity index (χ1n) is 9.46. The highest BCUT2D eigenvalue weighted by molar-refractivity contribution is 5.69. The van der Waals surface area contributed by atoms with E-state index < -0.39 is 0 Å². The van der Waals surface area contributed by atoms with Gasteiger partial charge in [-0.15, -0.1) is 10.0 Å². The van der Waals surface area contributed by atoms with Gasteiger partial charge in [0.05, 0.1) is 6.04 Å². The molecule has 0 aromatic heterocycles. The fourth-order valence-electron chi connectivity index (χ4n) is 3.72. The minimum Gasteiger partial charge on any atom is -0.150 e. The minimum atomic E-state index is 0.357. The number of quaternary nitrogens is 1. The number of rotatable bonds is 7. The molecule has 1 unspecified atom stereocenters. The van der Waals surface area contributed by atoms with Crippen LogP contribution in [0.1, 0.15) is 27.2 Å². The van der Waals surface area contributed by atoms with Crippen molar-refractivity contribution in [2.75, 3.05) is 0 Å². The maximum absolute atomic E-state index is 3.95. The summed E-state index contributed by atoms with van der Waals surface area (Å²) in [6, 6.07) is 32.5. The van der Waals surface area contributed by atoms with Gasteiger partial charge in [-0.2, -0.15) is 0 Å². The lowest BCUT2D eigenvalue weighted by Gasteiger charge is -2.39. The van der Waals surface area contributed by atoms with E-state index in [0.717, 1.165) is 6.42 Å². The Morgan fingerprint density at radius 1 is 0.615 bits per heavy atom. The van der Waals surface area contributed by atoms with Crippen molar-refractivity contribution in [3.63, 3.8) is 0 Å². The zero-order valence-electron chi connectivity index (χ0n) is 16.0. The van der Waals surface area contributed by atoms with E-state index in [2.05, 4.69) is 117 Å². The summed E-state index contributed by atoms with van der Waals surface area (Å²) < 4.78 is 0.510. The highest BCUT2D eigenvalue weighted by atomic mass is 15.7. The first kappa shape index (κ1) is 18.4. The average molecular weight is 346 g/mol. The fraction of sp³-hybridized carbons (Fsp3) is 0.250. The van der Waals surface area contributed by atoms with Crippen molar-refractivity contribution in [3.05, 3.63) is 91.0 Å². The van der Waals surface area contributed by atoms with Gasteiger partial charge in [0.1, 0.15) is 0 Å². The van der Waals surface area contributed by atoms with E-state index in [0.29, 0.717) is 16.6 Å². The number of nitrogens with one attached hydrogen (secondary N) is 1. The van der Waals surface area contributed by atoms with Gasteiger partial charge in [0.25, 0.3) is 0 Å². The van der Waals surface area contributed by atoms with Gasteiger partial charge in [0.15, 0.2) is 17.1 Å². The summed E-state index contributed by atoms with van der Waals surface area (Å²) in [6.07, 6.45) is 1.12. The predicted octanol–water partition coefficient (Wildman–Crippen LogP) is 6.60. The molecule has 0 radical (unpaired) electrons. The molecular formula is C24H29N2+. The second-order valence-corrected chi connectivity index (χ2v) is 7.34. The van der Waals surface area contributed by atoms with Gasteiger partial charge in [0, 0.05) is 36.4 Å². The maximum Gasteiger partial charge on any atom is 0.162 e. The molecule has 1 atom stereocenters. The van der Waals surface area contributed by atoms with Crippen LogP contribution in [0.4, 0.5) is 17.1 Å². The van der Waals surface area contributed by atoms with E-state index in [9.17, 15) is 0 Å². The Hall–Kier alpha value is -2.42. The molecule has 3 aromatic carbocycles. The largest absolute Gasteiger partial charge is 0.162 e. The van der Waals surface area contributed by atoms with E-state index in [1.54, 1.807) is 0 Å². The highest BCUT2D eigenvalue weighted by Gasteiger charge is 2.38. The second kappa shape index (κ2) is 8.31. The molecule has 134 valence electrons. The van der Waals surface area contributed by atoms with Crippen LogP contribution < -0.4 is 10.0 Å². The van der Waals surface area contributed by atoms with Gasteiger partial charge in [-0.3, -0.25) is 0 Å². The standard InChI is InChI=1S/C24H29N2/c1-20(2)19-21(3)25-26(22-13-7-4-8-14-22,23-15-9-5-10-16-23)24-17-11-6-12-18-24/h4-18,20-21,25H,19H2,1-3H3/q+1. The number of hydrogen-bond donors (Lipinski definition) is 1. The first-order chi connectivity index (χ1) is 12.6. The average Bonchev–Trinajstić information content (AvgIpc) is 2.67. The van der Waals surface area contributed by atoms with E-state index in [1.807, 2.05) is 0 Å². The molecule has 0 saturated carbocycles. The molecule has 1 N–H and O–H groups in total. The monoisotopic (exact) mass is 345 g/mol. The number of hydrogen-bond acceptors (Lipinski definition) is 1. The first-order valence-corrected chi connectivity index (χ1v) is 9.46. The van der Waals surface area contributed by atoms with Crippen LogP contribution in [0.25, 0.3) is 0 Å². The molecule has 0 heterocycles. The van der Waals surface area contributed by atoms with E-state index in [-0.39, 0.29) is 0 Å². The summed E-state index contributed by atoms with van der Waals surface area (Å²) >= 11 is 0. The van der Waals surface area contributed by atoms with Crippen molar-refractivity contribution in [2.45, 2.75) is 33.2 Å². The third kappa shape index (κ3) is 3.87. The van der Waals surface area contributed by atoms with Crippen molar-refractivity contribution in [1.29, 1.82) is 0 Å². The lowest BCUT2D eigenvalue weighted by atomic mass is 10.1. The summed E-state index contributed by atoms with van der Waals surface area (Å²) in [4.78, 5) is 0. The molecule has 0 bridgehead atoms. The van der Waals surface area contributed by atoms with Gasteiger partial charge in [0.2, 0.25) is 0 Å². The molecule has 0 fully saturated rings. The highest BCUT2D eigenvalue weighted by Crippen LogP contribution is 2.41. The molecule has 26 heavy (non-hydrogen) atoms. The summed E-state index contributed by atoms with van der Waals surface area (Å²) in [5, 5.41) is 0. The van der Waals surface area contributed by atoms with Crippen LogP contribution in [0.15, 0.2) is 91.0 Å². The van der Waals surface area contributed by atoms with Crippen LogP contribution in [0.3, 0.4) is 0 Å². The Morgan fingerprint density at radius 2 is 0.962 bits per heavy atom. The predicted molar refractivity (Wildman–Crippen MR) is 112 cm³/mol. The van der Waals surface area contributed by atoms with Crippen LogP contribution in [0, 0.1) is 5.92 Å². The Labute approximate surface area is 157 Å². The van der Waals surface area contributed by atoms with Gasteiger partial charge < -0.3 is 0 Å². The lowest BCUT2D eigenvalue weighted by Crippen LogP contribution is -2.55. The molecule has 0 spiro atoms. The lowest BCUT2D eigenvalue weighted by molar-refractivity contribution is 0.299. The molecule has 0 aliphatic rings.